The molecule has 0 aliphatic carbocycles. The minimum Gasteiger partial charge on any atom is -0.391 e. The van der Waals surface area contributed by atoms with Crippen molar-refractivity contribution in [1.82, 2.24) is 10.6 Å². The van der Waals surface area contributed by atoms with Crippen LogP contribution >= 0.6 is 24.0 Å². The molecule has 3 N–H and O–H groups in total. The lowest BCUT2D eigenvalue weighted by Gasteiger charge is -2.17. The van der Waals surface area contributed by atoms with E-state index in [0.29, 0.717) is 19.0 Å². The maximum absolute atomic E-state index is 10.0. The van der Waals surface area contributed by atoms with Crippen molar-refractivity contribution in [2.75, 3.05) is 13.1 Å². The minimum atomic E-state index is -0.454. The molecule has 120 valence electrons. The highest BCUT2D eigenvalue weighted by molar-refractivity contribution is 14.0. The number of guanidine groups is 1. The second-order valence-corrected chi connectivity index (χ2v) is 5.02. The topological polar surface area (TPSA) is 56.7 Å². The van der Waals surface area contributed by atoms with Gasteiger partial charge in [-0.2, -0.15) is 0 Å². The monoisotopic (exact) mass is 405 g/mol. The number of hydrogen-bond acceptors (Lipinski definition) is 2. The standard InChI is InChI=1S/C16H27N3O.HI/c1-4-13(3)19-16(17-5-2)18-12-15(20)11-14-9-7-6-8-10-14;/h6-10,13,15,20H,4-5,11-12H2,1-3H3,(H2,17,18,19);1H. The van der Waals surface area contributed by atoms with Crippen molar-refractivity contribution >= 4 is 29.9 Å². The van der Waals surface area contributed by atoms with Gasteiger partial charge in [0.15, 0.2) is 5.96 Å². The lowest BCUT2D eigenvalue weighted by Crippen LogP contribution is -2.42. The van der Waals surface area contributed by atoms with E-state index in [2.05, 4.69) is 29.5 Å². The van der Waals surface area contributed by atoms with Crippen LogP contribution in [0.2, 0.25) is 0 Å². The Balaban J connectivity index is 0.00000400. The minimum absolute atomic E-state index is 0. The Kier molecular flexibility index (Phi) is 11.3. The zero-order valence-electron chi connectivity index (χ0n) is 13.2. The van der Waals surface area contributed by atoms with Crippen LogP contribution < -0.4 is 10.6 Å². The van der Waals surface area contributed by atoms with Crippen molar-refractivity contribution in [1.29, 1.82) is 0 Å². The van der Waals surface area contributed by atoms with Gasteiger partial charge in [-0.15, -0.1) is 24.0 Å². The molecule has 0 saturated heterocycles. The van der Waals surface area contributed by atoms with Gasteiger partial charge in [-0.1, -0.05) is 37.3 Å². The zero-order valence-corrected chi connectivity index (χ0v) is 15.5. The molecule has 4 nitrogen and oxygen atoms in total. The van der Waals surface area contributed by atoms with E-state index in [1.54, 1.807) is 0 Å². The quantitative estimate of drug-likeness (QED) is 0.371. The van der Waals surface area contributed by atoms with Crippen molar-refractivity contribution in [2.45, 2.75) is 45.8 Å². The summed E-state index contributed by atoms with van der Waals surface area (Å²) in [6.45, 7) is 7.50. The van der Waals surface area contributed by atoms with E-state index in [9.17, 15) is 5.11 Å². The molecule has 2 unspecified atom stereocenters. The van der Waals surface area contributed by atoms with Crippen LogP contribution in [-0.2, 0) is 6.42 Å². The van der Waals surface area contributed by atoms with Crippen LogP contribution in [0.5, 0.6) is 0 Å². The number of aliphatic imine (C=N–C) groups is 1. The average Bonchev–Trinajstić information content (AvgIpc) is 2.46. The molecule has 1 aromatic carbocycles. The highest BCUT2D eigenvalue weighted by atomic mass is 127. The summed E-state index contributed by atoms with van der Waals surface area (Å²) in [5.41, 5.74) is 1.13. The number of hydrogen-bond donors (Lipinski definition) is 3. The molecule has 21 heavy (non-hydrogen) atoms. The van der Waals surface area contributed by atoms with Crippen molar-refractivity contribution in [3.8, 4) is 0 Å². The summed E-state index contributed by atoms with van der Waals surface area (Å²) in [4.78, 5) is 4.44. The van der Waals surface area contributed by atoms with E-state index < -0.39 is 6.10 Å². The van der Waals surface area contributed by atoms with Gasteiger partial charge in [-0.3, -0.25) is 4.99 Å². The average molecular weight is 405 g/mol. The third-order valence-electron chi connectivity index (χ3n) is 3.11. The molecule has 1 aromatic rings. The van der Waals surface area contributed by atoms with Gasteiger partial charge in [0.2, 0.25) is 0 Å². The Morgan fingerprint density at radius 1 is 1.24 bits per heavy atom. The molecule has 0 aromatic heterocycles. The van der Waals surface area contributed by atoms with Crippen molar-refractivity contribution in [3.05, 3.63) is 35.9 Å². The molecule has 0 heterocycles. The van der Waals surface area contributed by atoms with Crippen molar-refractivity contribution in [3.63, 3.8) is 0 Å². The highest BCUT2D eigenvalue weighted by Gasteiger charge is 2.07. The second kappa shape index (κ2) is 11.8. The Bertz CT molecular complexity index is 398. The molecule has 2 atom stereocenters. The van der Waals surface area contributed by atoms with Crippen LogP contribution in [0.4, 0.5) is 0 Å². The van der Waals surface area contributed by atoms with E-state index >= 15 is 0 Å². The van der Waals surface area contributed by atoms with Gasteiger partial charge >= 0.3 is 0 Å². The summed E-state index contributed by atoms with van der Waals surface area (Å²) in [5.74, 6) is 0.772. The molecule has 0 saturated carbocycles. The van der Waals surface area contributed by atoms with Crippen molar-refractivity contribution < 1.29 is 5.11 Å². The summed E-state index contributed by atoms with van der Waals surface area (Å²) in [7, 11) is 0. The SMILES string of the molecule is CCNC(=NCC(O)Cc1ccccc1)NC(C)CC.I. The summed E-state index contributed by atoms with van der Waals surface area (Å²) in [5, 5.41) is 16.6. The van der Waals surface area contributed by atoms with E-state index in [4.69, 9.17) is 0 Å². The third-order valence-corrected chi connectivity index (χ3v) is 3.11. The summed E-state index contributed by atoms with van der Waals surface area (Å²) in [6, 6.07) is 10.4. The van der Waals surface area contributed by atoms with Crippen LogP contribution in [0.25, 0.3) is 0 Å². The second-order valence-electron chi connectivity index (χ2n) is 5.02. The fourth-order valence-electron chi connectivity index (χ4n) is 1.80. The number of aliphatic hydroxyl groups excluding tert-OH is 1. The summed E-state index contributed by atoms with van der Waals surface area (Å²) < 4.78 is 0. The van der Waals surface area contributed by atoms with Crippen LogP contribution in [0.3, 0.4) is 0 Å². The predicted molar refractivity (Wildman–Crippen MR) is 100 cm³/mol. The first-order valence-electron chi connectivity index (χ1n) is 7.42. The first-order valence-corrected chi connectivity index (χ1v) is 7.42. The molecule has 0 amide bonds. The molecule has 0 radical (unpaired) electrons. The molecule has 0 aliphatic heterocycles. The molecular formula is C16H28IN3O. The zero-order chi connectivity index (χ0) is 14.8. The largest absolute Gasteiger partial charge is 0.391 e. The molecule has 1 rings (SSSR count). The molecule has 0 fully saturated rings. The number of nitrogens with zero attached hydrogens (tertiary/aromatic N) is 1. The van der Waals surface area contributed by atoms with Gasteiger partial charge in [0.05, 0.1) is 12.6 Å². The van der Waals surface area contributed by atoms with Crippen LogP contribution in [0, 0.1) is 0 Å². The molecular weight excluding hydrogens is 377 g/mol. The lowest BCUT2D eigenvalue weighted by molar-refractivity contribution is 0.183. The molecule has 5 heteroatoms. The Labute approximate surface area is 145 Å². The maximum atomic E-state index is 10.0. The lowest BCUT2D eigenvalue weighted by atomic mass is 10.1. The fraction of sp³-hybridized carbons (Fsp3) is 0.562. The Morgan fingerprint density at radius 3 is 2.48 bits per heavy atom. The Morgan fingerprint density at radius 2 is 1.90 bits per heavy atom. The van der Waals surface area contributed by atoms with E-state index in [-0.39, 0.29) is 24.0 Å². The molecule has 0 spiro atoms. The number of benzene rings is 1. The predicted octanol–water partition coefficient (Wildman–Crippen LogP) is 2.56. The summed E-state index contributed by atoms with van der Waals surface area (Å²) >= 11 is 0. The molecule has 0 aliphatic rings. The van der Waals surface area contributed by atoms with Gasteiger partial charge in [0.1, 0.15) is 0 Å². The normalized spacial score (nSPS) is 14.0. The van der Waals surface area contributed by atoms with Crippen molar-refractivity contribution in [2.24, 2.45) is 4.99 Å². The summed E-state index contributed by atoms with van der Waals surface area (Å²) in [6.07, 6.45) is 1.22. The van der Waals surface area contributed by atoms with Gasteiger partial charge in [0, 0.05) is 19.0 Å². The van der Waals surface area contributed by atoms with E-state index in [1.807, 2.05) is 37.3 Å². The first kappa shape index (κ1) is 20.2. The number of aliphatic hydroxyl groups is 1. The number of nitrogens with one attached hydrogen (secondary N) is 2. The fourth-order valence-corrected chi connectivity index (χ4v) is 1.80. The van der Waals surface area contributed by atoms with Gasteiger partial charge in [-0.05, 0) is 25.8 Å². The van der Waals surface area contributed by atoms with E-state index in [0.717, 1.165) is 24.5 Å². The van der Waals surface area contributed by atoms with Crippen LogP contribution in [0.1, 0.15) is 32.8 Å². The van der Waals surface area contributed by atoms with E-state index in [1.165, 1.54) is 0 Å². The number of rotatable bonds is 7. The Hall–Kier alpha value is -0.820. The van der Waals surface area contributed by atoms with Gasteiger partial charge in [-0.25, -0.2) is 0 Å². The number of halogens is 1. The van der Waals surface area contributed by atoms with Gasteiger partial charge < -0.3 is 15.7 Å². The first-order chi connectivity index (χ1) is 9.65. The van der Waals surface area contributed by atoms with Crippen LogP contribution in [0.15, 0.2) is 35.3 Å². The smallest absolute Gasteiger partial charge is 0.191 e. The third kappa shape index (κ3) is 8.93. The van der Waals surface area contributed by atoms with Crippen LogP contribution in [-0.4, -0.2) is 36.3 Å². The molecule has 0 bridgehead atoms. The van der Waals surface area contributed by atoms with Gasteiger partial charge in [0.25, 0.3) is 0 Å². The maximum Gasteiger partial charge on any atom is 0.191 e. The highest BCUT2D eigenvalue weighted by Crippen LogP contribution is 2.03.